The van der Waals surface area contributed by atoms with Crippen LogP contribution in [-0.2, 0) is 9.53 Å². The summed E-state index contributed by atoms with van der Waals surface area (Å²) in [4.78, 5) is 53.6. The first-order chi connectivity index (χ1) is 22.5. The third-order valence-electron chi connectivity index (χ3n) is 9.87. The largest absolute Gasteiger partial charge is 0.444 e. The monoisotopic (exact) mass is 658 g/mol. The summed E-state index contributed by atoms with van der Waals surface area (Å²) in [6.07, 6.45) is 10.6. The van der Waals surface area contributed by atoms with E-state index in [4.69, 9.17) is 14.1 Å². The lowest BCUT2D eigenvalue weighted by molar-refractivity contribution is -0.123. The van der Waals surface area contributed by atoms with Crippen molar-refractivity contribution in [2.24, 2.45) is 11.3 Å². The van der Waals surface area contributed by atoms with Gasteiger partial charge in [0.05, 0.1) is 27.0 Å². The second kappa shape index (κ2) is 12.1. The maximum Gasteiger partial charge on any atom is 0.410 e. The number of nitrogens with zero attached hydrogens (tertiary/aromatic N) is 5. The molecular formula is C35H42N6O5S. The van der Waals surface area contributed by atoms with E-state index in [2.05, 4.69) is 14.9 Å². The molecule has 0 bridgehead atoms. The Morgan fingerprint density at radius 3 is 2.62 bits per heavy atom. The minimum atomic E-state index is -0.538. The highest BCUT2D eigenvalue weighted by Crippen LogP contribution is 2.55. The highest BCUT2D eigenvalue weighted by molar-refractivity contribution is 7.17. The summed E-state index contributed by atoms with van der Waals surface area (Å²) in [5, 5.41) is 3.09. The van der Waals surface area contributed by atoms with Crippen molar-refractivity contribution in [1.82, 2.24) is 19.4 Å². The Morgan fingerprint density at radius 1 is 1.11 bits per heavy atom. The number of oxazole rings is 1. The standard InChI is InChI=1S/C35H42N6O5S/c1-34(2,3)46-33(44)40-15-14-35(20-40)17-24(18-35)41-26-11-10-23(39(4)31(43)22-8-6-5-7-9-22)16-25(26)37-32(41)38-30(42)29-13-12-28(47-29)27-19-36-21-45-27/h10-13,16,19,21-22,24H,5-9,14-15,17-18,20H2,1-4H3,(H,37,38,42)/t24-,35-. The summed E-state index contributed by atoms with van der Waals surface area (Å²) in [5.74, 6) is 1.03. The van der Waals surface area contributed by atoms with Crippen LogP contribution in [0.25, 0.3) is 21.7 Å². The number of thiophene rings is 1. The molecule has 3 aliphatic rings. The number of likely N-dealkylation sites (tertiary alicyclic amines) is 1. The molecule has 1 aromatic carbocycles. The van der Waals surface area contributed by atoms with Crippen LogP contribution in [0.3, 0.4) is 0 Å². The van der Waals surface area contributed by atoms with Gasteiger partial charge in [0.25, 0.3) is 5.91 Å². The maximum absolute atomic E-state index is 13.6. The smallest absolute Gasteiger partial charge is 0.410 e. The zero-order chi connectivity index (χ0) is 32.9. The molecule has 2 saturated carbocycles. The Balaban J connectivity index is 1.15. The van der Waals surface area contributed by atoms with Crippen LogP contribution in [0.4, 0.5) is 16.4 Å². The summed E-state index contributed by atoms with van der Waals surface area (Å²) in [6, 6.07) is 9.65. The summed E-state index contributed by atoms with van der Waals surface area (Å²) in [6.45, 7) is 6.99. The van der Waals surface area contributed by atoms with Gasteiger partial charge in [-0.15, -0.1) is 11.3 Å². The molecule has 0 radical (unpaired) electrons. The van der Waals surface area contributed by atoms with Gasteiger partial charge in [0.2, 0.25) is 11.9 Å². The normalized spacial score (nSPS) is 21.6. The Labute approximate surface area is 278 Å². The number of rotatable bonds is 6. The lowest BCUT2D eigenvalue weighted by atomic mass is 9.65. The van der Waals surface area contributed by atoms with Crippen molar-refractivity contribution in [2.75, 3.05) is 30.4 Å². The van der Waals surface area contributed by atoms with E-state index in [1.807, 2.05) is 57.0 Å². The van der Waals surface area contributed by atoms with E-state index in [1.165, 1.54) is 24.2 Å². The molecule has 0 atom stereocenters. The number of anilines is 2. The van der Waals surface area contributed by atoms with E-state index in [-0.39, 0.29) is 35.3 Å². The Hall–Kier alpha value is -4.19. The van der Waals surface area contributed by atoms with Crippen LogP contribution in [0.1, 0.15) is 87.9 Å². The number of hydrogen-bond acceptors (Lipinski definition) is 8. The van der Waals surface area contributed by atoms with Crippen LogP contribution in [0.2, 0.25) is 0 Å². The molecule has 12 heteroatoms. The van der Waals surface area contributed by atoms with E-state index in [0.29, 0.717) is 29.7 Å². The first-order valence-corrected chi connectivity index (χ1v) is 17.4. The Kier molecular flexibility index (Phi) is 8.10. The Bertz CT molecular complexity index is 1790. The van der Waals surface area contributed by atoms with E-state index in [9.17, 15) is 14.4 Å². The molecule has 1 spiro atoms. The molecule has 47 heavy (non-hydrogen) atoms. The number of fused-ring (bicyclic) bond motifs is 1. The molecule has 7 rings (SSSR count). The number of imidazole rings is 1. The highest BCUT2D eigenvalue weighted by atomic mass is 32.1. The summed E-state index contributed by atoms with van der Waals surface area (Å²) in [5.41, 5.74) is 1.88. The third kappa shape index (κ3) is 6.27. The van der Waals surface area contributed by atoms with Crippen molar-refractivity contribution in [3.05, 3.63) is 47.8 Å². The minimum absolute atomic E-state index is 0.00570. The number of ether oxygens (including phenoxy) is 1. The van der Waals surface area contributed by atoms with Crippen molar-refractivity contribution in [3.63, 3.8) is 0 Å². The van der Waals surface area contributed by atoms with Crippen LogP contribution in [0, 0.1) is 11.3 Å². The lowest BCUT2D eigenvalue weighted by Crippen LogP contribution is -2.43. The van der Waals surface area contributed by atoms with Gasteiger partial charge >= 0.3 is 6.09 Å². The molecular weight excluding hydrogens is 616 g/mol. The molecule has 2 aliphatic carbocycles. The fraction of sp³-hybridized carbons (Fsp3) is 0.514. The van der Waals surface area contributed by atoms with Gasteiger partial charge in [-0.05, 0) is 88.6 Å². The lowest BCUT2D eigenvalue weighted by Gasteiger charge is -2.46. The number of amides is 3. The number of carbonyl (C=O) groups excluding carboxylic acids is 3. The van der Waals surface area contributed by atoms with Crippen molar-refractivity contribution < 1.29 is 23.5 Å². The van der Waals surface area contributed by atoms with Crippen molar-refractivity contribution >= 4 is 51.9 Å². The summed E-state index contributed by atoms with van der Waals surface area (Å²) < 4.78 is 13.2. The first kappa shape index (κ1) is 31.4. The van der Waals surface area contributed by atoms with Crippen LogP contribution in [0.15, 0.2) is 47.3 Å². The average Bonchev–Trinajstić information content (AvgIpc) is 3.84. The molecule has 4 aromatic rings. The molecule has 0 unspecified atom stereocenters. The predicted molar refractivity (Wildman–Crippen MR) is 181 cm³/mol. The van der Waals surface area contributed by atoms with Crippen molar-refractivity contribution in [2.45, 2.75) is 83.8 Å². The molecule has 1 saturated heterocycles. The number of carbonyl (C=O) groups is 3. The van der Waals surface area contributed by atoms with Gasteiger partial charge in [-0.2, -0.15) is 0 Å². The number of nitrogens with one attached hydrogen (secondary N) is 1. The Morgan fingerprint density at radius 2 is 1.89 bits per heavy atom. The topological polar surface area (TPSA) is 123 Å². The summed E-state index contributed by atoms with van der Waals surface area (Å²) >= 11 is 1.33. The molecule has 1 aliphatic heterocycles. The second-order valence-corrected chi connectivity index (χ2v) is 15.5. The fourth-order valence-electron chi connectivity index (χ4n) is 7.47. The molecule has 1 N–H and O–H groups in total. The molecule has 11 nitrogen and oxygen atoms in total. The zero-order valence-corrected chi connectivity index (χ0v) is 28.3. The van der Waals surface area contributed by atoms with Crippen molar-refractivity contribution in [3.8, 4) is 10.6 Å². The quantitative estimate of drug-likeness (QED) is 0.227. The van der Waals surface area contributed by atoms with Gasteiger partial charge in [-0.1, -0.05) is 19.3 Å². The van der Waals surface area contributed by atoms with Crippen LogP contribution in [-0.4, -0.2) is 63.1 Å². The summed E-state index contributed by atoms with van der Waals surface area (Å²) in [7, 11) is 1.84. The van der Waals surface area contributed by atoms with Crippen LogP contribution < -0.4 is 10.2 Å². The van der Waals surface area contributed by atoms with E-state index >= 15 is 0 Å². The van der Waals surface area contributed by atoms with E-state index < -0.39 is 5.60 Å². The predicted octanol–water partition coefficient (Wildman–Crippen LogP) is 7.51. The molecule has 3 aromatic heterocycles. The van der Waals surface area contributed by atoms with Gasteiger partial charge < -0.3 is 23.5 Å². The average molecular weight is 659 g/mol. The second-order valence-electron chi connectivity index (χ2n) is 14.4. The van der Waals surface area contributed by atoms with Crippen molar-refractivity contribution in [1.29, 1.82) is 0 Å². The highest BCUT2D eigenvalue weighted by Gasteiger charge is 2.51. The number of aromatic nitrogens is 3. The maximum atomic E-state index is 13.6. The van der Waals surface area contributed by atoms with Gasteiger partial charge in [-0.3, -0.25) is 14.9 Å². The fourth-order valence-corrected chi connectivity index (χ4v) is 8.32. The number of hydrogen-bond donors (Lipinski definition) is 1. The van der Waals surface area contributed by atoms with Gasteiger partial charge in [0, 0.05) is 37.8 Å². The van der Waals surface area contributed by atoms with Gasteiger partial charge in [0.15, 0.2) is 12.2 Å². The molecule has 248 valence electrons. The molecule has 3 fully saturated rings. The van der Waals surface area contributed by atoms with E-state index in [0.717, 1.165) is 66.5 Å². The molecule has 4 heterocycles. The van der Waals surface area contributed by atoms with Gasteiger partial charge in [0.1, 0.15) is 5.60 Å². The third-order valence-corrected chi connectivity index (χ3v) is 11.0. The van der Waals surface area contributed by atoms with Crippen LogP contribution in [0.5, 0.6) is 0 Å². The van der Waals surface area contributed by atoms with Crippen LogP contribution >= 0.6 is 11.3 Å². The number of benzene rings is 1. The zero-order valence-electron chi connectivity index (χ0n) is 27.5. The SMILES string of the molecule is CN(C(=O)C1CCCCC1)c1ccc2c(c1)nc(NC(=O)c1ccc(-c3cnco3)s1)n2[C@H]1C[C@@]2(CCN(C(=O)OC(C)(C)C)C2)C1. The first-order valence-electron chi connectivity index (χ1n) is 16.6. The molecule has 3 amide bonds. The van der Waals surface area contributed by atoms with Gasteiger partial charge in [-0.25, -0.2) is 14.8 Å². The minimum Gasteiger partial charge on any atom is -0.444 e. The van der Waals surface area contributed by atoms with E-state index in [1.54, 1.807) is 17.2 Å².